The summed E-state index contributed by atoms with van der Waals surface area (Å²) in [6, 6.07) is 12.1. The summed E-state index contributed by atoms with van der Waals surface area (Å²) in [4.78, 5) is 25.0. The SMILES string of the molecule is Cc1cccc([C@@H](C)NC(=O)C23CC(NC(=O)COc4ccc(Cl)c(F)c4)(C2)C3)c1. The predicted octanol–water partition coefficient (Wildman–Crippen LogP) is 4.08. The smallest absolute Gasteiger partial charge is 0.258 e. The highest BCUT2D eigenvalue weighted by Gasteiger charge is 2.72. The number of carbonyl (C=O) groups excluding carboxylic acids is 2. The first-order valence-electron chi connectivity index (χ1n) is 9.97. The van der Waals surface area contributed by atoms with Crippen molar-refractivity contribution in [1.29, 1.82) is 0 Å². The summed E-state index contributed by atoms with van der Waals surface area (Å²) in [5, 5.41) is 6.07. The Balaban J connectivity index is 1.24. The highest BCUT2D eigenvalue weighted by Crippen LogP contribution is 2.67. The second-order valence-electron chi connectivity index (χ2n) is 8.61. The largest absolute Gasteiger partial charge is 0.484 e. The van der Waals surface area contributed by atoms with Gasteiger partial charge in [-0.25, -0.2) is 4.39 Å². The van der Waals surface area contributed by atoms with Gasteiger partial charge in [0.2, 0.25) is 5.91 Å². The molecule has 30 heavy (non-hydrogen) atoms. The van der Waals surface area contributed by atoms with Crippen molar-refractivity contribution < 1.29 is 18.7 Å². The van der Waals surface area contributed by atoms with E-state index in [4.69, 9.17) is 16.3 Å². The zero-order valence-electron chi connectivity index (χ0n) is 16.9. The van der Waals surface area contributed by atoms with E-state index in [9.17, 15) is 14.0 Å². The summed E-state index contributed by atoms with van der Waals surface area (Å²) >= 11 is 5.63. The Morgan fingerprint density at radius 3 is 2.60 bits per heavy atom. The fraction of sp³-hybridized carbons (Fsp3) is 0.391. The number of ether oxygens (including phenoxy) is 1. The molecule has 0 aliphatic heterocycles. The summed E-state index contributed by atoms with van der Waals surface area (Å²) in [5.41, 5.74) is 1.53. The predicted molar refractivity (Wildman–Crippen MR) is 112 cm³/mol. The van der Waals surface area contributed by atoms with E-state index in [-0.39, 0.29) is 46.2 Å². The van der Waals surface area contributed by atoms with Crippen molar-refractivity contribution in [2.75, 3.05) is 6.61 Å². The highest BCUT2D eigenvalue weighted by molar-refractivity contribution is 6.30. The van der Waals surface area contributed by atoms with Gasteiger partial charge in [0.25, 0.3) is 5.91 Å². The molecule has 3 fully saturated rings. The molecule has 0 heterocycles. The van der Waals surface area contributed by atoms with Gasteiger partial charge in [-0.2, -0.15) is 0 Å². The summed E-state index contributed by atoms with van der Waals surface area (Å²) in [7, 11) is 0. The molecule has 2 aromatic rings. The quantitative estimate of drug-likeness (QED) is 0.695. The molecule has 158 valence electrons. The normalized spacial score (nSPS) is 24.8. The molecule has 7 heteroatoms. The van der Waals surface area contributed by atoms with Crippen molar-refractivity contribution in [1.82, 2.24) is 10.6 Å². The van der Waals surface area contributed by atoms with E-state index in [0.29, 0.717) is 19.3 Å². The van der Waals surface area contributed by atoms with Crippen LogP contribution < -0.4 is 15.4 Å². The van der Waals surface area contributed by atoms with Crippen molar-refractivity contribution in [3.63, 3.8) is 0 Å². The van der Waals surface area contributed by atoms with E-state index >= 15 is 0 Å². The van der Waals surface area contributed by atoms with Crippen molar-refractivity contribution in [3.8, 4) is 5.75 Å². The molecular formula is C23H24ClFN2O3. The first kappa shape index (κ1) is 20.7. The summed E-state index contributed by atoms with van der Waals surface area (Å²) in [5.74, 6) is -0.597. The van der Waals surface area contributed by atoms with Crippen LogP contribution in [0.4, 0.5) is 4.39 Å². The maximum Gasteiger partial charge on any atom is 0.258 e. The molecule has 0 spiro atoms. The molecular weight excluding hydrogens is 407 g/mol. The number of rotatable bonds is 7. The highest BCUT2D eigenvalue weighted by atomic mass is 35.5. The van der Waals surface area contributed by atoms with Crippen LogP contribution in [0, 0.1) is 18.2 Å². The number of hydrogen-bond acceptors (Lipinski definition) is 3. The Kier molecular flexibility index (Phi) is 5.22. The lowest BCUT2D eigenvalue weighted by molar-refractivity contribution is -0.184. The standard InChI is InChI=1S/C23H24ClFN2O3/c1-14-4-3-5-16(8-14)15(2)26-21(29)22-11-23(12-22,13-22)27-20(28)10-30-17-6-7-18(24)19(25)9-17/h3-9,15H,10-13H2,1-2H3,(H,26,29)(H,27,28)/t15-,22?,23?/m1/s1. The van der Waals surface area contributed by atoms with E-state index in [2.05, 4.69) is 16.7 Å². The van der Waals surface area contributed by atoms with Gasteiger partial charge in [0.1, 0.15) is 11.6 Å². The van der Waals surface area contributed by atoms with Gasteiger partial charge >= 0.3 is 0 Å². The third-order valence-electron chi connectivity index (χ3n) is 6.07. The van der Waals surface area contributed by atoms with E-state index in [1.807, 2.05) is 32.0 Å². The van der Waals surface area contributed by atoms with Gasteiger partial charge in [-0.1, -0.05) is 41.4 Å². The van der Waals surface area contributed by atoms with Gasteiger partial charge in [0.05, 0.1) is 16.5 Å². The van der Waals surface area contributed by atoms with Crippen molar-refractivity contribution in [2.24, 2.45) is 5.41 Å². The lowest BCUT2D eigenvalue weighted by atomic mass is 9.39. The van der Waals surface area contributed by atoms with Gasteiger partial charge in [0, 0.05) is 11.6 Å². The summed E-state index contributed by atoms with van der Waals surface area (Å²) < 4.78 is 18.8. The van der Waals surface area contributed by atoms with Crippen LogP contribution in [0.25, 0.3) is 0 Å². The summed E-state index contributed by atoms with van der Waals surface area (Å²) in [6.45, 7) is 3.79. The molecule has 3 saturated carbocycles. The molecule has 5 rings (SSSR count). The molecule has 2 bridgehead atoms. The molecule has 0 radical (unpaired) electrons. The number of hydrogen-bond donors (Lipinski definition) is 2. The molecule has 1 atom stereocenters. The van der Waals surface area contributed by atoms with Crippen LogP contribution in [0.3, 0.4) is 0 Å². The van der Waals surface area contributed by atoms with Crippen molar-refractivity contribution in [2.45, 2.75) is 44.7 Å². The van der Waals surface area contributed by atoms with Crippen LogP contribution in [0.5, 0.6) is 5.75 Å². The number of halogens is 2. The molecule has 2 aromatic carbocycles. The van der Waals surface area contributed by atoms with Gasteiger partial charge in [-0.05, 0) is 50.8 Å². The van der Waals surface area contributed by atoms with E-state index in [1.54, 1.807) is 0 Å². The number of benzene rings is 2. The average Bonchev–Trinajstić information content (AvgIpc) is 2.64. The zero-order valence-corrected chi connectivity index (χ0v) is 17.7. The Labute approximate surface area is 179 Å². The summed E-state index contributed by atoms with van der Waals surface area (Å²) in [6.07, 6.45) is 1.90. The van der Waals surface area contributed by atoms with Crippen LogP contribution in [0.2, 0.25) is 5.02 Å². The van der Waals surface area contributed by atoms with E-state index < -0.39 is 5.82 Å². The minimum atomic E-state index is -0.596. The second kappa shape index (κ2) is 7.58. The molecule has 3 aliphatic rings. The van der Waals surface area contributed by atoms with Crippen molar-refractivity contribution in [3.05, 3.63) is 64.4 Å². The van der Waals surface area contributed by atoms with Gasteiger partial charge < -0.3 is 15.4 Å². The van der Waals surface area contributed by atoms with Crippen LogP contribution in [-0.4, -0.2) is 24.0 Å². The molecule has 3 aliphatic carbocycles. The van der Waals surface area contributed by atoms with Crippen LogP contribution in [0.1, 0.15) is 43.4 Å². The molecule has 0 aromatic heterocycles. The lowest BCUT2D eigenvalue weighted by Gasteiger charge is -2.69. The monoisotopic (exact) mass is 430 g/mol. The zero-order chi connectivity index (χ0) is 21.5. The fourth-order valence-corrected chi connectivity index (χ4v) is 4.70. The van der Waals surface area contributed by atoms with Gasteiger partial charge in [-0.15, -0.1) is 0 Å². The van der Waals surface area contributed by atoms with Crippen LogP contribution in [-0.2, 0) is 9.59 Å². The van der Waals surface area contributed by atoms with Gasteiger partial charge in [0.15, 0.2) is 6.61 Å². The Morgan fingerprint density at radius 2 is 1.93 bits per heavy atom. The van der Waals surface area contributed by atoms with Gasteiger partial charge in [-0.3, -0.25) is 9.59 Å². The minimum absolute atomic E-state index is 0.000889. The topological polar surface area (TPSA) is 67.4 Å². The molecule has 5 nitrogen and oxygen atoms in total. The lowest BCUT2D eigenvalue weighted by Crippen LogP contribution is -2.78. The maximum atomic E-state index is 13.4. The second-order valence-corrected chi connectivity index (χ2v) is 9.02. The third kappa shape index (κ3) is 3.88. The molecule has 0 saturated heterocycles. The molecule has 2 amide bonds. The number of aryl methyl sites for hydroxylation is 1. The number of amides is 2. The fourth-order valence-electron chi connectivity index (χ4n) is 4.58. The molecule has 2 N–H and O–H groups in total. The minimum Gasteiger partial charge on any atom is -0.484 e. The van der Waals surface area contributed by atoms with Crippen molar-refractivity contribution >= 4 is 23.4 Å². The van der Waals surface area contributed by atoms with E-state index in [0.717, 1.165) is 17.2 Å². The maximum absolute atomic E-state index is 13.4. The Bertz CT molecular complexity index is 990. The average molecular weight is 431 g/mol. The third-order valence-corrected chi connectivity index (χ3v) is 6.37. The number of carbonyl (C=O) groups is 2. The first-order chi connectivity index (χ1) is 14.2. The van der Waals surface area contributed by atoms with Crippen LogP contribution >= 0.6 is 11.6 Å². The Hall–Kier alpha value is -2.60. The van der Waals surface area contributed by atoms with E-state index in [1.165, 1.54) is 12.1 Å². The first-order valence-corrected chi connectivity index (χ1v) is 10.3. The Morgan fingerprint density at radius 1 is 1.20 bits per heavy atom. The van der Waals surface area contributed by atoms with Crippen LogP contribution in [0.15, 0.2) is 42.5 Å². The molecule has 0 unspecified atom stereocenters. The number of nitrogens with one attached hydrogen (secondary N) is 2.